The smallest absolute Gasteiger partial charge is 0.178 e. The Morgan fingerprint density at radius 2 is 1.87 bits per heavy atom. The van der Waals surface area contributed by atoms with Crippen molar-refractivity contribution < 1.29 is 13.5 Å². The minimum Gasteiger partial charge on any atom is -0.395 e. The third kappa shape index (κ3) is 3.34. The summed E-state index contributed by atoms with van der Waals surface area (Å²) in [6.45, 7) is 2.08. The molecule has 0 atom stereocenters. The molecule has 3 nitrogen and oxygen atoms in total. The van der Waals surface area contributed by atoms with Crippen molar-refractivity contribution in [2.45, 2.75) is 74.5 Å². The number of sulfone groups is 1. The Hall–Kier alpha value is -0.870. The van der Waals surface area contributed by atoms with E-state index in [1.165, 1.54) is 30.4 Å². The summed E-state index contributed by atoms with van der Waals surface area (Å²) in [5, 5.41) is 9.83. The predicted octanol–water partition coefficient (Wildman–Crippen LogP) is 3.94. The Kier molecular flexibility index (Phi) is 4.84. The molecule has 0 saturated heterocycles. The third-order valence-corrected chi connectivity index (χ3v) is 7.55. The SMILES string of the molecule is CCCS(=O)(=O)c1ccc(C2(CO)CC2)c(C2CCCCC2)c1. The second kappa shape index (κ2) is 6.56. The summed E-state index contributed by atoms with van der Waals surface area (Å²) in [7, 11) is -3.18. The number of hydrogen-bond donors (Lipinski definition) is 1. The molecule has 23 heavy (non-hydrogen) atoms. The van der Waals surface area contributed by atoms with Gasteiger partial charge in [0.1, 0.15) is 0 Å². The van der Waals surface area contributed by atoms with Crippen LogP contribution in [0.25, 0.3) is 0 Å². The fourth-order valence-corrected chi connectivity index (χ4v) is 5.37. The van der Waals surface area contributed by atoms with E-state index in [0.29, 0.717) is 17.2 Å². The number of aliphatic hydroxyl groups is 1. The fraction of sp³-hybridized carbons (Fsp3) is 0.684. The van der Waals surface area contributed by atoms with Crippen molar-refractivity contribution in [3.05, 3.63) is 29.3 Å². The molecule has 2 aliphatic rings. The Bertz CT molecular complexity index is 653. The molecule has 2 fully saturated rings. The maximum atomic E-state index is 12.5. The first kappa shape index (κ1) is 17.0. The Balaban J connectivity index is 2.04. The first-order valence-corrected chi connectivity index (χ1v) is 10.7. The van der Waals surface area contributed by atoms with E-state index < -0.39 is 9.84 Å². The summed E-state index contributed by atoms with van der Waals surface area (Å²) >= 11 is 0. The summed E-state index contributed by atoms with van der Waals surface area (Å²) in [5.74, 6) is 0.668. The van der Waals surface area contributed by atoms with Gasteiger partial charge in [-0.15, -0.1) is 0 Å². The van der Waals surface area contributed by atoms with Gasteiger partial charge in [0, 0.05) is 5.41 Å². The molecular weight excluding hydrogens is 308 g/mol. The van der Waals surface area contributed by atoms with Gasteiger partial charge in [-0.05, 0) is 61.3 Å². The summed E-state index contributed by atoms with van der Waals surface area (Å²) < 4.78 is 24.9. The van der Waals surface area contributed by atoms with Gasteiger partial charge in [-0.3, -0.25) is 0 Å². The second-order valence-corrected chi connectivity index (χ2v) is 9.45. The topological polar surface area (TPSA) is 54.4 Å². The lowest BCUT2D eigenvalue weighted by Gasteiger charge is -2.27. The molecule has 1 aromatic rings. The standard InChI is InChI=1S/C19H28O3S/c1-2-12-23(21,22)16-8-9-18(19(14-20)10-11-19)17(13-16)15-6-4-3-5-7-15/h8-9,13,15,20H,2-7,10-12,14H2,1H3. The van der Waals surface area contributed by atoms with Crippen LogP contribution in [0.15, 0.2) is 23.1 Å². The van der Waals surface area contributed by atoms with Gasteiger partial charge < -0.3 is 5.11 Å². The molecule has 1 aromatic carbocycles. The van der Waals surface area contributed by atoms with Gasteiger partial charge >= 0.3 is 0 Å². The minimum absolute atomic E-state index is 0.0974. The van der Waals surface area contributed by atoms with Crippen LogP contribution < -0.4 is 0 Å². The average molecular weight is 336 g/mol. The normalized spacial score (nSPS) is 21.3. The monoisotopic (exact) mass is 336 g/mol. The number of rotatable bonds is 6. The Labute approximate surface area is 140 Å². The molecule has 0 heterocycles. The van der Waals surface area contributed by atoms with E-state index in [1.54, 1.807) is 6.07 Å². The van der Waals surface area contributed by atoms with E-state index in [2.05, 4.69) is 0 Å². The Morgan fingerprint density at radius 1 is 1.17 bits per heavy atom. The number of hydrogen-bond acceptors (Lipinski definition) is 3. The van der Waals surface area contributed by atoms with Crippen LogP contribution in [-0.4, -0.2) is 25.9 Å². The van der Waals surface area contributed by atoms with Crippen LogP contribution in [0.3, 0.4) is 0 Å². The van der Waals surface area contributed by atoms with Gasteiger partial charge in [-0.1, -0.05) is 32.3 Å². The molecule has 2 saturated carbocycles. The zero-order valence-electron chi connectivity index (χ0n) is 14.1. The molecule has 0 amide bonds. The average Bonchev–Trinajstić information content (AvgIpc) is 3.36. The van der Waals surface area contributed by atoms with Crippen LogP contribution in [-0.2, 0) is 15.3 Å². The van der Waals surface area contributed by atoms with E-state index >= 15 is 0 Å². The van der Waals surface area contributed by atoms with E-state index in [1.807, 2.05) is 19.1 Å². The predicted molar refractivity (Wildman–Crippen MR) is 92.6 cm³/mol. The van der Waals surface area contributed by atoms with E-state index in [4.69, 9.17) is 0 Å². The van der Waals surface area contributed by atoms with Crippen LogP contribution in [0.5, 0.6) is 0 Å². The van der Waals surface area contributed by atoms with Crippen LogP contribution in [0.1, 0.15) is 75.3 Å². The molecule has 0 spiro atoms. The molecule has 0 radical (unpaired) electrons. The molecule has 0 bridgehead atoms. The summed E-state index contributed by atoms with van der Waals surface area (Å²) in [6, 6.07) is 5.70. The van der Waals surface area contributed by atoms with Crippen molar-refractivity contribution in [1.29, 1.82) is 0 Å². The molecule has 1 N–H and O–H groups in total. The molecule has 128 valence electrons. The number of benzene rings is 1. The highest BCUT2D eigenvalue weighted by Crippen LogP contribution is 2.51. The molecule has 0 unspecified atom stereocenters. The largest absolute Gasteiger partial charge is 0.395 e. The molecule has 0 aliphatic heterocycles. The van der Waals surface area contributed by atoms with Crippen molar-refractivity contribution >= 4 is 9.84 Å². The summed E-state index contributed by atoms with van der Waals surface area (Å²) in [5.41, 5.74) is 2.32. The molecular formula is C19H28O3S. The van der Waals surface area contributed by atoms with Gasteiger partial charge in [0.2, 0.25) is 0 Å². The Morgan fingerprint density at radius 3 is 2.43 bits per heavy atom. The van der Waals surface area contributed by atoms with Crippen LogP contribution in [0.2, 0.25) is 0 Å². The van der Waals surface area contributed by atoms with Gasteiger partial charge in [0.15, 0.2) is 9.84 Å². The minimum atomic E-state index is -3.18. The fourth-order valence-electron chi connectivity index (χ4n) is 4.02. The second-order valence-electron chi connectivity index (χ2n) is 7.34. The van der Waals surface area contributed by atoms with Crippen molar-refractivity contribution in [3.63, 3.8) is 0 Å². The first-order valence-electron chi connectivity index (χ1n) is 9.00. The molecule has 2 aliphatic carbocycles. The molecule has 3 rings (SSSR count). The highest BCUT2D eigenvalue weighted by atomic mass is 32.2. The quantitative estimate of drug-likeness (QED) is 0.856. The van der Waals surface area contributed by atoms with Gasteiger partial charge in [-0.2, -0.15) is 0 Å². The molecule has 4 heteroatoms. The van der Waals surface area contributed by atoms with Gasteiger partial charge in [-0.25, -0.2) is 8.42 Å². The third-order valence-electron chi connectivity index (χ3n) is 5.63. The zero-order valence-corrected chi connectivity index (χ0v) is 14.9. The maximum Gasteiger partial charge on any atom is 0.178 e. The maximum absolute atomic E-state index is 12.5. The van der Waals surface area contributed by atoms with Crippen molar-refractivity contribution in [2.24, 2.45) is 0 Å². The lowest BCUT2D eigenvalue weighted by molar-refractivity contribution is 0.253. The van der Waals surface area contributed by atoms with Crippen LogP contribution in [0.4, 0.5) is 0 Å². The van der Waals surface area contributed by atoms with Crippen LogP contribution >= 0.6 is 0 Å². The van der Waals surface area contributed by atoms with Crippen LogP contribution in [0, 0.1) is 0 Å². The van der Waals surface area contributed by atoms with Crippen molar-refractivity contribution in [2.75, 3.05) is 12.4 Å². The zero-order chi connectivity index (χ0) is 16.5. The van der Waals surface area contributed by atoms with Crippen molar-refractivity contribution in [3.8, 4) is 0 Å². The molecule has 0 aromatic heterocycles. The highest BCUT2D eigenvalue weighted by Gasteiger charge is 2.45. The highest BCUT2D eigenvalue weighted by molar-refractivity contribution is 7.91. The van der Waals surface area contributed by atoms with E-state index in [-0.39, 0.29) is 17.8 Å². The van der Waals surface area contributed by atoms with E-state index in [0.717, 1.165) is 25.7 Å². The van der Waals surface area contributed by atoms with Crippen molar-refractivity contribution in [1.82, 2.24) is 0 Å². The van der Waals surface area contributed by atoms with E-state index in [9.17, 15) is 13.5 Å². The summed E-state index contributed by atoms with van der Waals surface area (Å²) in [4.78, 5) is 0.470. The van der Waals surface area contributed by atoms with Gasteiger partial charge in [0.05, 0.1) is 17.3 Å². The number of aliphatic hydroxyl groups excluding tert-OH is 1. The lowest BCUT2D eigenvalue weighted by Crippen LogP contribution is -2.18. The lowest BCUT2D eigenvalue weighted by atomic mass is 9.79. The summed E-state index contributed by atoms with van der Waals surface area (Å²) in [6.07, 6.45) is 8.70. The first-order chi connectivity index (χ1) is 11.0. The van der Waals surface area contributed by atoms with Gasteiger partial charge in [0.25, 0.3) is 0 Å².